The maximum atomic E-state index is 13.5. The standard InChI is InChI=1S/C28H20F6N4O4.Na.H/c1-26(2)24(41)38(20-10-6-16(13-35)21(12-20)28(32,33)34)25(42)37(26)14-17-3-7-18(27(29,30)31)11-22(17)36-19-8-4-15(5-9-19)23(39)40;;/h3-12,36H,14H2,1-2H3,(H,39,40);;. The quantitative estimate of drug-likeness (QED) is 0.196. The number of halogens is 6. The number of carboxylic acid groups (broad SMARTS) is 1. The van der Waals surface area contributed by atoms with Gasteiger partial charge in [0.15, 0.2) is 0 Å². The Morgan fingerprint density at radius 3 is 2.12 bits per heavy atom. The van der Waals surface area contributed by atoms with Crippen molar-refractivity contribution < 1.29 is 45.8 Å². The van der Waals surface area contributed by atoms with Gasteiger partial charge in [-0.2, -0.15) is 31.6 Å². The van der Waals surface area contributed by atoms with E-state index in [9.17, 15) is 40.7 Å². The molecule has 0 radical (unpaired) electrons. The molecule has 2 N–H and O–H groups in total. The monoisotopic (exact) mass is 614 g/mol. The summed E-state index contributed by atoms with van der Waals surface area (Å²) in [7, 11) is 0. The summed E-state index contributed by atoms with van der Waals surface area (Å²) in [5.74, 6) is -2.11. The first-order chi connectivity index (χ1) is 19.4. The summed E-state index contributed by atoms with van der Waals surface area (Å²) in [6.45, 7) is 2.25. The molecule has 1 fully saturated rings. The fourth-order valence-corrected chi connectivity index (χ4v) is 4.36. The van der Waals surface area contributed by atoms with Crippen LogP contribution < -0.4 is 10.2 Å². The number of carboxylic acids is 1. The molecule has 0 bridgehead atoms. The Hall–Kier alpha value is -4.06. The summed E-state index contributed by atoms with van der Waals surface area (Å²) in [6, 6.07) is 10.5. The molecule has 1 heterocycles. The van der Waals surface area contributed by atoms with Crippen molar-refractivity contribution in [3.8, 4) is 6.07 Å². The fourth-order valence-electron chi connectivity index (χ4n) is 4.36. The van der Waals surface area contributed by atoms with Gasteiger partial charge in [-0.3, -0.25) is 4.79 Å². The van der Waals surface area contributed by atoms with Crippen molar-refractivity contribution >= 4 is 64.5 Å². The van der Waals surface area contributed by atoms with E-state index in [0.29, 0.717) is 11.0 Å². The number of carbonyl (C=O) groups is 3. The van der Waals surface area contributed by atoms with Crippen molar-refractivity contribution in [3.05, 3.63) is 88.5 Å². The van der Waals surface area contributed by atoms with E-state index >= 15 is 0 Å². The van der Waals surface area contributed by atoms with Crippen molar-refractivity contribution in [3.63, 3.8) is 0 Å². The van der Waals surface area contributed by atoms with Gasteiger partial charge in [0.05, 0.1) is 40.6 Å². The summed E-state index contributed by atoms with van der Waals surface area (Å²) < 4.78 is 81.2. The molecule has 3 amide bonds. The maximum absolute atomic E-state index is 13.5. The number of rotatable bonds is 6. The van der Waals surface area contributed by atoms with E-state index in [-0.39, 0.29) is 52.1 Å². The Labute approximate surface area is 262 Å². The molecule has 1 aliphatic rings. The number of benzene rings is 3. The van der Waals surface area contributed by atoms with Gasteiger partial charge >= 0.3 is 53.9 Å². The third-order valence-electron chi connectivity index (χ3n) is 6.69. The molecule has 0 spiro atoms. The molecule has 1 saturated heterocycles. The fraction of sp³-hybridized carbons (Fsp3) is 0.214. The number of amides is 3. The van der Waals surface area contributed by atoms with Crippen molar-refractivity contribution in [2.75, 3.05) is 10.2 Å². The normalized spacial score (nSPS) is 14.8. The van der Waals surface area contributed by atoms with Crippen LogP contribution >= 0.6 is 0 Å². The number of nitriles is 1. The van der Waals surface area contributed by atoms with E-state index in [1.54, 1.807) is 0 Å². The van der Waals surface area contributed by atoms with Crippen molar-refractivity contribution in [2.45, 2.75) is 38.3 Å². The van der Waals surface area contributed by atoms with E-state index in [1.165, 1.54) is 44.2 Å². The van der Waals surface area contributed by atoms with Gasteiger partial charge in [-0.05, 0) is 74.0 Å². The molecule has 0 aromatic heterocycles. The van der Waals surface area contributed by atoms with Crippen molar-refractivity contribution in [1.82, 2.24) is 4.90 Å². The van der Waals surface area contributed by atoms with Crippen LogP contribution in [0, 0.1) is 11.3 Å². The molecular formula is C28H21F6N4NaO4. The van der Waals surface area contributed by atoms with Crippen LogP contribution in [0.5, 0.6) is 0 Å². The predicted octanol–water partition coefficient (Wildman–Crippen LogP) is 6.14. The molecule has 0 atom stereocenters. The van der Waals surface area contributed by atoms with E-state index in [4.69, 9.17) is 10.4 Å². The molecule has 220 valence electrons. The molecule has 3 aromatic rings. The van der Waals surface area contributed by atoms with E-state index < -0.39 is 64.7 Å². The number of carbonyl (C=O) groups excluding carboxylic acids is 2. The number of aromatic carboxylic acids is 1. The van der Waals surface area contributed by atoms with Gasteiger partial charge in [0.25, 0.3) is 5.91 Å². The molecule has 0 aliphatic carbocycles. The number of anilines is 3. The topological polar surface area (TPSA) is 114 Å². The average Bonchev–Trinajstić information content (AvgIpc) is 3.07. The average molecular weight is 614 g/mol. The van der Waals surface area contributed by atoms with Gasteiger partial charge in [-0.15, -0.1) is 0 Å². The predicted molar refractivity (Wildman–Crippen MR) is 144 cm³/mol. The number of hydrogen-bond donors (Lipinski definition) is 2. The number of urea groups is 1. The second-order valence-electron chi connectivity index (χ2n) is 9.78. The van der Waals surface area contributed by atoms with Crippen LogP contribution in [0.2, 0.25) is 0 Å². The van der Waals surface area contributed by atoms with Crippen LogP contribution in [0.25, 0.3) is 0 Å². The summed E-state index contributed by atoms with van der Waals surface area (Å²) in [5.41, 5.74) is -4.98. The van der Waals surface area contributed by atoms with Crippen LogP contribution in [0.4, 0.5) is 48.2 Å². The Balaban J connectivity index is 0.00000506. The Bertz CT molecular complexity index is 1630. The van der Waals surface area contributed by atoms with E-state index in [1.807, 2.05) is 0 Å². The Morgan fingerprint density at radius 1 is 0.953 bits per heavy atom. The number of alkyl halides is 6. The van der Waals surface area contributed by atoms with Crippen LogP contribution in [0.3, 0.4) is 0 Å². The number of imide groups is 1. The first-order valence-corrected chi connectivity index (χ1v) is 12.0. The molecule has 4 rings (SSSR count). The van der Waals surface area contributed by atoms with Crippen LogP contribution in [-0.2, 0) is 23.7 Å². The summed E-state index contributed by atoms with van der Waals surface area (Å²) in [6.07, 6.45) is -9.69. The van der Waals surface area contributed by atoms with Gasteiger partial charge in [-0.1, -0.05) is 6.07 Å². The van der Waals surface area contributed by atoms with Gasteiger partial charge in [0, 0.05) is 11.4 Å². The number of nitrogens with zero attached hydrogens (tertiary/aromatic N) is 3. The molecule has 1 aliphatic heterocycles. The summed E-state index contributed by atoms with van der Waals surface area (Å²) >= 11 is 0. The number of nitrogens with one attached hydrogen (secondary N) is 1. The van der Waals surface area contributed by atoms with Gasteiger partial charge in [0.2, 0.25) is 0 Å². The van der Waals surface area contributed by atoms with E-state index in [0.717, 1.165) is 35.2 Å². The second kappa shape index (κ2) is 11.9. The zero-order chi connectivity index (χ0) is 31.2. The van der Waals surface area contributed by atoms with E-state index in [2.05, 4.69) is 5.32 Å². The zero-order valence-corrected chi connectivity index (χ0v) is 21.8. The molecule has 15 heteroatoms. The first kappa shape index (κ1) is 33.4. The number of hydrogen-bond acceptors (Lipinski definition) is 5. The molecular weight excluding hydrogens is 593 g/mol. The molecule has 8 nitrogen and oxygen atoms in total. The third-order valence-corrected chi connectivity index (χ3v) is 6.69. The van der Waals surface area contributed by atoms with Gasteiger partial charge in [0.1, 0.15) is 5.54 Å². The Kier molecular flexibility index (Phi) is 9.26. The minimum absolute atomic E-state index is 0. The van der Waals surface area contributed by atoms with Crippen LogP contribution in [0.1, 0.15) is 46.5 Å². The molecule has 0 saturated carbocycles. The summed E-state index contributed by atoms with van der Waals surface area (Å²) in [4.78, 5) is 39.4. The van der Waals surface area contributed by atoms with Crippen LogP contribution in [0.15, 0.2) is 60.7 Å². The van der Waals surface area contributed by atoms with Gasteiger partial charge in [-0.25, -0.2) is 14.5 Å². The Morgan fingerprint density at radius 2 is 1.58 bits per heavy atom. The van der Waals surface area contributed by atoms with Crippen LogP contribution in [-0.4, -0.2) is 63.0 Å². The third kappa shape index (κ3) is 6.64. The molecule has 43 heavy (non-hydrogen) atoms. The van der Waals surface area contributed by atoms with Gasteiger partial charge < -0.3 is 15.3 Å². The SMILES string of the molecule is CC1(C)C(=O)N(c2ccc(C#N)c(C(F)(F)F)c2)C(=O)N1Cc1ccc(C(F)(F)F)cc1Nc1ccc(C(=O)O)cc1.[NaH]. The molecule has 3 aromatic carbocycles. The van der Waals surface area contributed by atoms with Crippen molar-refractivity contribution in [1.29, 1.82) is 5.26 Å². The molecule has 0 unspecified atom stereocenters. The zero-order valence-electron chi connectivity index (χ0n) is 21.8. The van der Waals surface area contributed by atoms with Crippen molar-refractivity contribution in [2.24, 2.45) is 0 Å². The second-order valence-corrected chi connectivity index (χ2v) is 9.78. The minimum atomic E-state index is -4.95. The summed E-state index contributed by atoms with van der Waals surface area (Å²) in [5, 5.41) is 20.9. The first-order valence-electron chi connectivity index (χ1n) is 12.0.